The largest absolute Gasteiger partial charge is 0.320 e. The highest BCUT2D eigenvalue weighted by molar-refractivity contribution is 7.98. The Kier molecular flexibility index (Phi) is 7.59. The summed E-state index contributed by atoms with van der Waals surface area (Å²) in [5, 5.41) is 10.5. The Balaban J connectivity index is 1.37. The van der Waals surface area contributed by atoms with E-state index in [1.807, 2.05) is 23.7 Å². The predicted octanol–water partition coefficient (Wildman–Crippen LogP) is 5.81. The lowest BCUT2D eigenvalue weighted by atomic mass is 9.58. The molecule has 0 unspecified atom stereocenters. The molecule has 1 aliphatic carbocycles. The molecular weight excluding hydrogens is 558 g/mol. The number of fused-ring (bicyclic) bond motifs is 1. The fourth-order valence-corrected chi connectivity index (χ4v) is 7.85. The Morgan fingerprint density at radius 2 is 2.00 bits per heavy atom. The second-order valence-corrected chi connectivity index (χ2v) is 13.2. The molecule has 1 atom stereocenters. The molecule has 0 radical (unpaired) electrons. The maximum Gasteiger partial charge on any atom is 0.319 e. The van der Waals surface area contributed by atoms with Crippen molar-refractivity contribution in [2.24, 2.45) is 18.9 Å². The molecule has 1 aromatic carbocycles. The number of halogens is 1. The minimum absolute atomic E-state index is 0.0772. The van der Waals surface area contributed by atoms with Gasteiger partial charge in [0.15, 0.2) is 0 Å². The number of benzene rings is 1. The highest BCUT2D eigenvalue weighted by Gasteiger charge is 2.49. The van der Waals surface area contributed by atoms with Crippen LogP contribution in [0.1, 0.15) is 72.4 Å². The van der Waals surface area contributed by atoms with E-state index < -0.39 is 10.8 Å². The van der Waals surface area contributed by atoms with Crippen LogP contribution in [-0.4, -0.2) is 55.3 Å². The number of likely N-dealkylation sites (tertiary alicyclic amines) is 1. The number of carbonyl (C=O) groups is 2. The molecule has 1 N–H and O–H groups in total. The first kappa shape index (κ1) is 28.2. The third-order valence-corrected chi connectivity index (χ3v) is 9.73. The number of rotatable bonds is 7. The number of anilines is 2. The van der Waals surface area contributed by atoms with Gasteiger partial charge in [-0.05, 0) is 103 Å². The van der Waals surface area contributed by atoms with Gasteiger partial charge in [0.2, 0.25) is 0 Å². The van der Waals surface area contributed by atoms with Crippen LogP contribution in [0.3, 0.4) is 0 Å². The number of aromatic nitrogens is 4. The molecule has 216 valence electrons. The molecule has 9 nitrogen and oxygen atoms in total. The number of amides is 2. The van der Waals surface area contributed by atoms with E-state index in [1.54, 1.807) is 23.0 Å². The van der Waals surface area contributed by atoms with Crippen molar-refractivity contribution in [2.45, 2.75) is 62.9 Å². The zero-order valence-electron chi connectivity index (χ0n) is 24.0. The van der Waals surface area contributed by atoms with Gasteiger partial charge in [0, 0.05) is 30.6 Å². The fourth-order valence-electron chi connectivity index (χ4n) is 7.07. The summed E-state index contributed by atoms with van der Waals surface area (Å²) in [6.45, 7) is 7.96. The summed E-state index contributed by atoms with van der Waals surface area (Å²) in [6, 6.07) is 8.13. The first-order valence-corrected chi connectivity index (χ1v) is 15.8. The Morgan fingerprint density at radius 1 is 1.20 bits per heavy atom. The normalized spacial score (nSPS) is 24.3. The third kappa shape index (κ3) is 5.26. The van der Waals surface area contributed by atoms with Crippen LogP contribution in [0, 0.1) is 11.8 Å². The Labute approximate surface area is 250 Å². The quantitative estimate of drug-likeness (QED) is 0.210. The minimum atomic E-state index is -0.729. The van der Waals surface area contributed by atoms with E-state index in [9.17, 15) is 9.59 Å². The van der Waals surface area contributed by atoms with Crippen LogP contribution >= 0.6 is 23.4 Å². The molecule has 4 heterocycles. The first-order chi connectivity index (χ1) is 19.7. The van der Waals surface area contributed by atoms with Crippen LogP contribution in [-0.2, 0) is 25.6 Å². The topological polar surface area (TPSA) is 96.2 Å². The van der Waals surface area contributed by atoms with Crippen molar-refractivity contribution in [1.82, 2.24) is 24.6 Å². The van der Waals surface area contributed by atoms with Gasteiger partial charge in [-0.25, -0.2) is 4.98 Å². The average Bonchev–Trinajstić information content (AvgIpc) is 3.49. The number of thioether (sulfide) groups is 1. The first-order valence-electron chi connectivity index (χ1n) is 14.2. The third-order valence-electron chi connectivity index (χ3n) is 8.83. The summed E-state index contributed by atoms with van der Waals surface area (Å²) in [7, 11) is 1.94. The van der Waals surface area contributed by atoms with Crippen molar-refractivity contribution in [1.29, 1.82) is 0 Å². The summed E-state index contributed by atoms with van der Waals surface area (Å²) in [5.74, 6) is 2.77. The molecule has 41 heavy (non-hydrogen) atoms. The fraction of sp³-hybridized carbons (Fsp3) is 0.500. The highest BCUT2D eigenvalue weighted by Crippen LogP contribution is 2.52. The number of nitrogens with one attached hydrogen (secondary N) is 1. The van der Waals surface area contributed by atoms with Gasteiger partial charge < -0.3 is 4.57 Å². The van der Waals surface area contributed by atoms with Crippen molar-refractivity contribution < 1.29 is 9.59 Å². The number of nitrogens with zero attached hydrogens (tertiary/aromatic N) is 6. The van der Waals surface area contributed by atoms with E-state index in [1.165, 1.54) is 18.4 Å². The summed E-state index contributed by atoms with van der Waals surface area (Å²) in [6.07, 6.45) is 8.01. The van der Waals surface area contributed by atoms with Crippen LogP contribution in [0.5, 0.6) is 0 Å². The van der Waals surface area contributed by atoms with E-state index in [0.29, 0.717) is 30.0 Å². The molecule has 0 bridgehead atoms. The second-order valence-electron chi connectivity index (χ2n) is 12.1. The maximum absolute atomic E-state index is 14.0. The molecule has 2 aromatic heterocycles. The number of piperidine rings is 1. The maximum atomic E-state index is 14.0. The van der Waals surface area contributed by atoms with E-state index in [-0.39, 0.29) is 5.91 Å². The van der Waals surface area contributed by atoms with E-state index in [0.717, 1.165) is 59.9 Å². The van der Waals surface area contributed by atoms with E-state index in [2.05, 4.69) is 52.7 Å². The van der Waals surface area contributed by atoms with Gasteiger partial charge in [0.25, 0.3) is 5.91 Å². The van der Waals surface area contributed by atoms with Crippen molar-refractivity contribution in [3.05, 3.63) is 58.7 Å². The van der Waals surface area contributed by atoms with Crippen LogP contribution in [0.15, 0.2) is 35.5 Å². The van der Waals surface area contributed by atoms with Gasteiger partial charge in [-0.1, -0.05) is 13.8 Å². The SMILES string of the molecule is CSc1cc(CN2CCC[C@H](C)C2)cc2c1CN(c1cc([C@]3(c4nncn4C)C[C@@H](C)C3)cc(NC(=O)Cl)n1)C2=O. The number of hydrogen-bond donors (Lipinski definition) is 1. The van der Waals surface area contributed by atoms with Gasteiger partial charge in [-0.2, -0.15) is 0 Å². The lowest BCUT2D eigenvalue weighted by Crippen LogP contribution is -2.43. The summed E-state index contributed by atoms with van der Waals surface area (Å²) in [5.41, 5.74) is 3.46. The lowest BCUT2D eigenvalue weighted by molar-refractivity contribution is 0.0995. The predicted molar refractivity (Wildman–Crippen MR) is 162 cm³/mol. The zero-order chi connectivity index (χ0) is 28.9. The summed E-state index contributed by atoms with van der Waals surface area (Å²) in [4.78, 5) is 35.9. The number of hydrogen-bond acceptors (Lipinski definition) is 7. The van der Waals surface area contributed by atoms with Gasteiger partial charge >= 0.3 is 5.37 Å². The molecule has 1 saturated heterocycles. The smallest absolute Gasteiger partial charge is 0.319 e. The lowest BCUT2D eigenvalue weighted by Gasteiger charge is -2.46. The summed E-state index contributed by atoms with van der Waals surface area (Å²) >= 11 is 7.40. The van der Waals surface area contributed by atoms with Crippen molar-refractivity contribution in [3.8, 4) is 0 Å². The molecule has 11 heteroatoms. The van der Waals surface area contributed by atoms with Crippen molar-refractivity contribution in [2.75, 3.05) is 29.6 Å². The zero-order valence-corrected chi connectivity index (χ0v) is 25.6. The van der Waals surface area contributed by atoms with Crippen LogP contribution < -0.4 is 10.2 Å². The molecule has 1 saturated carbocycles. The molecule has 0 spiro atoms. The molecular formula is C30H36ClN7O2S. The van der Waals surface area contributed by atoms with Gasteiger partial charge in [-0.15, -0.1) is 22.0 Å². The number of pyridine rings is 1. The van der Waals surface area contributed by atoms with Crippen molar-refractivity contribution in [3.63, 3.8) is 0 Å². The molecule has 2 fully saturated rings. The van der Waals surface area contributed by atoms with E-state index in [4.69, 9.17) is 16.6 Å². The van der Waals surface area contributed by atoms with Crippen molar-refractivity contribution >= 4 is 46.3 Å². The Morgan fingerprint density at radius 3 is 2.66 bits per heavy atom. The Hall–Kier alpha value is -2.95. The van der Waals surface area contributed by atoms with Crippen LogP contribution in [0.25, 0.3) is 0 Å². The monoisotopic (exact) mass is 593 g/mol. The number of carbonyl (C=O) groups excluding carboxylic acids is 2. The molecule has 3 aromatic rings. The average molecular weight is 594 g/mol. The number of aryl methyl sites for hydroxylation is 1. The van der Waals surface area contributed by atoms with Crippen LogP contribution in [0.2, 0.25) is 0 Å². The summed E-state index contributed by atoms with van der Waals surface area (Å²) < 4.78 is 1.94. The molecule has 3 aliphatic rings. The van der Waals surface area contributed by atoms with Gasteiger partial charge in [0.1, 0.15) is 23.8 Å². The van der Waals surface area contributed by atoms with E-state index >= 15 is 0 Å². The highest BCUT2D eigenvalue weighted by atomic mass is 35.5. The van der Waals surface area contributed by atoms with Crippen LogP contribution in [0.4, 0.5) is 16.4 Å². The second kappa shape index (κ2) is 11.0. The molecule has 2 aliphatic heterocycles. The molecule has 6 rings (SSSR count). The Bertz CT molecular complexity index is 1500. The minimum Gasteiger partial charge on any atom is -0.320 e. The van der Waals surface area contributed by atoms with Gasteiger partial charge in [0.05, 0.1) is 12.0 Å². The standard InChI is InChI=1S/C30H36ClN7O2S/c1-18-6-5-7-37(14-18)15-20-8-22-23(24(9-20)41-4)16-38(27(22)39)26-11-21(10-25(33-26)34-29(31)40)30(12-19(2)13-30)28-35-32-17-36(28)3/h8-11,17-19H,5-7,12-16H2,1-4H3,(H,33,34,40)/t18-,19-,30+/m0/s1. The molecule has 2 amide bonds. The van der Waals surface area contributed by atoms with Gasteiger partial charge in [-0.3, -0.25) is 24.7 Å².